The van der Waals surface area contributed by atoms with Gasteiger partial charge in [0.25, 0.3) is 15.9 Å². The number of amides is 3. The highest BCUT2D eigenvalue weighted by molar-refractivity contribution is 7.90. The number of carbonyl (C=O) groups is 3. The molecule has 0 saturated heterocycles. The monoisotopic (exact) mass is 553 g/mol. The van der Waals surface area contributed by atoms with Crippen LogP contribution in [-0.2, 0) is 32.6 Å². The molecule has 0 fully saturated rings. The van der Waals surface area contributed by atoms with Crippen LogP contribution in [0.5, 0.6) is 0 Å². The van der Waals surface area contributed by atoms with Crippen molar-refractivity contribution in [1.82, 2.24) is 14.5 Å². The maximum absolute atomic E-state index is 13.9. The fourth-order valence-electron chi connectivity index (χ4n) is 4.35. The Bertz CT molecular complexity index is 1460. The smallest absolute Gasteiger partial charge is 0.269 e. The Labute approximate surface area is 227 Å². The third kappa shape index (κ3) is 5.74. The Morgan fingerprint density at radius 3 is 2.24 bits per heavy atom. The fraction of sp³-hybridized carbons (Fsp3) is 0.250. The lowest BCUT2D eigenvalue weighted by atomic mass is 10.0. The Balaban J connectivity index is 1.73. The van der Waals surface area contributed by atoms with Crippen molar-refractivity contribution in [1.29, 1.82) is 0 Å². The average Bonchev–Trinajstić information content (AvgIpc) is 3.08. The summed E-state index contributed by atoms with van der Waals surface area (Å²) in [6, 6.07) is 20.8. The van der Waals surface area contributed by atoms with Gasteiger partial charge in [-0.3, -0.25) is 14.4 Å². The molecule has 1 aliphatic heterocycles. The van der Waals surface area contributed by atoms with Crippen LogP contribution in [0.4, 0.5) is 0 Å². The Kier molecular flexibility index (Phi) is 8.18. The summed E-state index contributed by atoms with van der Waals surface area (Å²) >= 11 is 6.40. The van der Waals surface area contributed by atoms with Crippen molar-refractivity contribution < 1.29 is 22.8 Å². The van der Waals surface area contributed by atoms with Gasteiger partial charge in [-0.1, -0.05) is 72.3 Å². The van der Waals surface area contributed by atoms with Gasteiger partial charge in [0.05, 0.1) is 5.56 Å². The lowest BCUT2D eigenvalue weighted by Gasteiger charge is -2.33. The quantitative estimate of drug-likeness (QED) is 0.435. The first-order chi connectivity index (χ1) is 18.1. The molecule has 8 nitrogen and oxygen atoms in total. The highest BCUT2D eigenvalue weighted by atomic mass is 35.5. The van der Waals surface area contributed by atoms with E-state index in [1.807, 2.05) is 44.2 Å². The minimum atomic E-state index is -4.22. The lowest BCUT2D eigenvalue weighted by molar-refractivity contribution is -0.141. The molecule has 1 heterocycles. The van der Waals surface area contributed by atoms with Gasteiger partial charge in [0, 0.05) is 24.0 Å². The summed E-state index contributed by atoms with van der Waals surface area (Å²) in [7, 11) is -4.22. The maximum atomic E-state index is 13.9. The number of fused-ring (bicyclic) bond motifs is 1. The Hall–Kier alpha value is -3.69. The van der Waals surface area contributed by atoms with Gasteiger partial charge in [-0.15, -0.1) is 0 Å². The normalized spacial score (nSPS) is 14.7. The van der Waals surface area contributed by atoms with E-state index in [-0.39, 0.29) is 29.5 Å². The largest absolute Gasteiger partial charge is 0.352 e. The summed E-state index contributed by atoms with van der Waals surface area (Å²) in [5.74, 6) is -1.88. The second-order valence-electron chi connectivity index (χ2n) is 9.29. The molecule has 0 radical (unpaired) electrons. The van der Waals surface area contributed by atoms with Crippen molar-refractivity contribution in [2.45, 2.75) is 43.8 Å². The zero-order chi connectivity index (χ0) is 27.4. The second kappa shape index (κ2) is 11.4. The van der Waals surface area contributed by atoms with E-state index >= 15 is 0 Å². The molecule has 0 unspecified atom stereocenters. The zero-order valence-corrected chi connectivity index (χ0v) is 22.6. The number of carbonyl (C=O) groups excluding carboxylic acids is 3. The van der Waals surface area contributed by atoms with Crippen molar-refractivity contribution in [3.05, 3.63) is 101 Å². The molecule has 1 N–H and O–H groups in total. The molecule has 0 aromatic heterocycles. The van der Waals surface area contributed by atoms with Crippen molar-refractivity contribution in [2.75, 3.05) is 6.54 Å². The van der Waals surface area contributed by atoms with Crippen LogP contribution in [0, 0.1) is 0 Å². The maximum Gasteiger partial charge on any atom is 0.269 e. The third-order valence-electron chi connectivity index (χ3n) is 6.19. The molecule has 0 saturated carbocycles. The first-order valence-electron chi connectivity index (χ1n) is 12.1. The Morgan fingerprint density at radius 2 is 1.58 bits per heavy atom. The number of hydrogen-bond acceptors (Lipinski definition) is 5. The van der Waals surface area contributed by atoms with Crippen molar-refractivity contribution in [2.24, 2.45) is 0 Å². The third-order valence-corrected chi connectivity index (χ3v) is 8.35. The van der Waals surface area contributed by atoms with Crippen molar-refractivity contribution in [3.8, 4) is 0 Å². The summed E-state index contributed by atoms with van der Waals surface area (Å²) in [6.07, 6.45) is 0.177. The summed E-state index contributed by atoms with van der Waals surface area (Å²) < 4.78 is 26.8. The van der Waals surface area contributed by atoms with Crippen LogP contribution in [0.25, 0.3) is 0 Å². The molecule has 1 aliphatic rings. The number of rotatable bonds is 9. The molecule has 0 bridgehead atoms. The van der Waals surface area contributed by atoms with Crippen molar-refractivity contribution >= 4 is 39.3 Å². The second-order valence-corrected chi connectivity index (χ2v) is 11.5. The van der Waals surface area contributed by atoms with E-state index in [9.17, 15) is 22.8 Å². The molecule has 4 rings (SSSR count). The lowest BCUT2D eigenvalue weighted by Crippen LogP contribution is -2.54. The SMILES string of the molecule is CC(C)NC(=O)[C@H](Cc1ccccc1)N(Cc1ccccc1Cl)C(=O)CN1C(=O)c2ccccc2S1(=O)=O. The number of nitrogens with one attached hydrogen (secondary N) is 1. The van der Waals surface area contributed by atoms with Crippen LogP contribution < -0.4 is 5.32 Å². The average molecular weight is 554 g/mol. The molecule has 3 amide bonds. The van der Waals surface area contributed by atoms with Gasteiger partial charge in [-0.2, -0.15) is 0 Å². The van der Waals surface area contributed by atoms with Crippen LogP contribution in [0.1, 0.15) is 35.3 Å². The number of hydrogen-bond donors (Lipinski definition) is 1. The summed E-state index contributed by atoms with van der Waals surface area (Å²) in [4.78, 5) is 41.5. The van der Waals surface area contributed by atoms with Gasteiger partial charge in [0.15, 0.2) is 0 Å². The Morgan fingerprint density at radius 1 is 0.947 bits per heavy atom. The summed E-state index contributed by atoms with van der Waals surface area (Å²) in [6.45, 7) is 2.81. The molecular formula is C28H28ClN3O5S. The zero-order valence-electron chi connectivity index (χ0n) is 21.0. The summed E-state index contributed by atoms with van der Waals surface area (Å²) in [5, 5.41) is 3.26. The van der Waals surface area contributed by atoms with Gasteiger partial charge in [-0.25, -0.2) is 12.7 Å². The molecular weight excluding hydrogens is 526 g/mol. The first-order valence-corrected chi connectivity index (χ1v) is 13.9. The van der Waals surface area contributed by atoms with Gasteiger partial charge >= 0.3 is 0 Å². The van der Waals surface area contributed by atoms with Crippen LogP contribution in [-0.4, -0.2) is 54.0 Å². The van der Waals surface area contributed by atoms with E-state index in [2.05, 4.69) is 5.32 Å². The first kappa shape index (κ1) is 27.3. The number of halogens is 1. The fourth-order valence-corrected chi connectivity index (χ4v) is 6.06. The van der Waals surface area contributed by atoms with E-state index in [1.54, 1.807) is 30.3 Å². The number of nitrogens with zero attached hydrogens (tertiary/aromatic N) is 2. The standard InChI is InChI=1S/C28H28ClN3O5S/c1-19(2)30-27(34)24(16-20-10-4-3-5-11-20)31(17-21-12-6-8-14-23(21)29)26(33)18-32-28(35)22-13-7-9-15-25(22)38(32,36)37/h3-15,19,24H,16-18H2,1-2H3,(H,30,34)/t24-/m0/s1. The van der Waals surface area contributed by atoms with Crippen LogP contribution >= 0.6 is 11.6 Å². The van der Waals surface area contributed by atoms with Gasteiger partial charge in [0.2, 0.25) is 11.8 Å². The molecule has 198 valence electrons. The molecule has 1 atom stereocenters. The van der Waals surface area contributed by atoms with E-state index in [1.165, 1.54) is 23.1 Å². The predicted octanol–water partition coefficient (Wildman–Crippen LogP) is 3.65. The molecule has 38 heavy (non-hydrogen) atoms. The van der Waals surface area contributed by atoms with Gasteiger partial charge < -0.3 is 10.2 Å². The highest BCUT2D eigenvalue weighted by Crippen LogP contribution is 2.30. The van der Waals surface area contributed by atoms with E-state index in [4.69, 9.17) is 11.6 Å². The van der Waals surface area contributed by atoms with Gasteiger partial charge in [0.1, 0.15) is 17.5 Å². The topological polar surface area (TPSA) is 104 Å². The van der Waals surface area contributed by atoms with Gasteiger partial charge in [-0.05, 0) is 43.2 Å². The minimum absolute atomic E-state index is 0.0105. The van der Waals surface area contributed by atoms with Crippen molar-refractivity contribution in [3.63, 3.8) is 0 Å². The van der Waals surface area contributed by atoms with Crippen LogP contribution in [0.15, 0.2) is 83.8 Å². The van der Waals surface area contributed by atoms with Crippen LogP contribution in [0.2, 0.25) is 5.02 Å². The highest BCUT2D eigenvalue weighted by Gasteiger charge is 2.43. The molecule has 0 spiro atoms. The predicted molar refractivity (Wildman–Crippen MR) is 144 cm³/mol. The van der Waals surface area contributed by atoms with E-state index < -0.39 is 40.3 Å². The van der Waals surface area contributed by atoms with E-state index in [0.29, 0.717) is 14.9 Å². The minimum Gasteiger partial charge on any atom is -0.352 e. The summed E-state index contributed by atoms with van der Waals surface area (Å²) in [5.41, 5.74) is 1.40. The number of benzene rings is 3. The molecule has 3 aromatic rings. The molecule has 3 aromatic carbocycles. The number of sulfonamides is 1. The van der Waals surface area contributed by atoms with E-state index in [0.717, 1.165) is 5.56 Å². The van der Waals surface area contributed by atoms with Crippen LogP contribution in [0.3, 0.4) is 0 Å². The molecule has 0 aliphatic carbocycles. The molecule has 10 heteroatoms.